The number of ether oxygens (including phenoxy) is 2. The summed E-state index contributed by atoms with van der Waals surface area (Å²) >= 11 is 0. The van der Waals surface area contributed by atoms with E-state index in [9.17, 15) is 0 Å². The molecule has 3 fully saturated rings. The van der Waals surface area contributed by atoms with Gasteiger partial charge in [0.25, 0.3) is 0 Å². The van der Waals surface area contributed by atoms with Crippen LogP contribution in [0.15, 0.2) is 23.2 Å². The summed E-state index contributed by atoms with van der Waals surface area (Å²) in [5.41, 5.74) is 2.72. The average molecular weight is 499 g/mol. The smallest absolute Gasteiger partial charge is 0.191 e. The Morgan fingerprint density at radius 2 is 2.07 bits per heavy atom. The number of hydrogen-bond donors (Lipinski definition) is 2. The number of methoxy groups -OCH3 is 1. The molecule has 6 heteroatoms. The van der Waals surface area contributed by atoms with Crippen LogP contribution in [0, 0.1) is 18.3 Å². The number of nitrogens with zero attached hydrogens (tertiary/aromatic N) is 1. The van der Waals surface area contributed by atoms with E-state index in [1.54, 1.807) is 7.11 Å². The second-order valence-corrected chi connectivity index (χ2v) is 8.49. The highest BCUT2D eigenvalue weighted by atomic mass is 127. The van der Waals surface area contributed by atoms with Crippen LogP contribution in [-0.2, 0) is 4.74 Å². The molecule has 1 aromatic carbocycles. The van der Waals surface area contributed by atoms with Crippen molar-refractivity contribution in [1.29, 1.82) is 0 Å². The van der Waals surface area contributed by atoms with Crippen molar-refractivity contribution in [3.63, 3.8) is 0 Å². The van der Waals surface area contributed by atoms with E-state index in [-0.39, 0.29) is 30.0 Å². The molecule has 1 aliphatic heterocycles. The molecule has 1 heterocycles. The summed E-state index contributed by atoms with van der Waals surface area (Å²) in [6.07, 6.45) is 6.85. The van der Waals surface area contributed by atoms with Crippen molar-refractivity contribution in [2.75, 3.05) is 20.8 Å². The molecule has 4 atom stereocenters. The predicted molar refractivity (Wildman–Crippen MR) is 124 cm³/mol. The summed E-state index contributed by atoms with van der Waals surface area (Å²) in [6.45, 7) is 5.19. The van der Waals surface area contributed by atoms with Crippen LogP contribution in [0.2, 0.25) is 0 Å². The standard InChI is InChI=1S/C22H33N3O2.HI/c1-14-7-8-18(26-4)17(13-14)15(2)24-21(23-3)25-19-16-9-12-27-20(16)22(19)10-5-6-11-22;/h7-8,13,15-16,19-20H,5-6,9-12H2,1-4H3,(H2,23,24,25);1H. The number of aryl methyl sites for hydroxylation is 1. The van der Waals surface area contributed by atoms with Crippen LogP contribution in [0.1, 0.15) is 56.2 Å². The first kappa shape index (κ1) is 21.7. The fourth-order valence-electron chi connectivity index (χ4n) is 5.70. The molecular formula is C22H34IN3O2. The molecule has 4 rings (SSSR count). The van der Waals surface area contributed by atoms with E-state index in [2.05, 4.69) is 41.6 Å². The monoisotopic (exact) mass is 499 g/mol. The first-order valence-corrected chi connectivity index (χ1v) is 10.3. The van der Waals surface area contributed by atoms with Gasteiger partial charge in [-0.25, -0.2) is 0 Å². The van der Waals surface area contributed by atoms with Crippen LogP contribution >= 0.6 is 24.0 Å². The van der Waals surface area contributed by atoms with Crippen molar-refractivity contribution in [2.45, 2.75) is 64.1 Å². The van der Waals surface area contributed by atoms with Gasteiger partial charge in [0.15, 0.2) is 5.96 Å². The molecule has 4 unspecified atom stereocenters. The van der Waals surface area contributed by atoms with Crippen molar-refractivity contribution < 1.29 is 9.47 Å². The Hall–Kier alpha value is -1.02. The van der Waals surface area contributed by atoms with Gasteiger partial charge in [-0.1, -0.05) is 30.5 Å². The highest BCUT2D eigenvalue weighted by Gasteiger charge is 2.65. The van der Waals surface area contributed by atoms with Crippen molar-refractivity contribution >= 4 is 29.9 Å². The van der Waals surface area contributed by atoms with E-state index in [1.165, 1.54) is 37.7 Å². The second-order valence-electron chi connectivity index (χ2n) is 8.49. The topological polar surface area (TPSA) is 54.9 Å². The number of fused-ring (bicyclic) bond motifs is 2. The summed E-state index contributed by atoms with van der Waals surface area (Å²) in [4.78, 5) is 4.53. The van der Waals surface area contributed by atoms with E-state index >= 15 is 0 Å². The molecule has 1 aromatic rings. The van der Waals surface area contributed by atoms with Crippen LogP contribution in [-0.4, -0.2) is 38.9 Å². The highest BCUT2D eigenvalue weighted by Crippen LogP contribution is 2.60. The van der Waals surface area contributed by atoms with Crippen molar-refractivity contribution in [1.82, 2.24) is 10.6 Å². The zero-order valence-corrected chi connectivity index (χ0v) is 19.8. The predicted octanol–water partition coefficient (Wildman–Crippen LogP) is 4.20. The number of hydrogen-bond acceptors (Lipinski definition) is 3. The molecular weight excluding hydrogens is 465 g/mol. The minimum atomic E-state index is 0. The molecule has 0 radical (unpaired) electrons. The van der Waals surface area contributed by atoms with Crippen molar-refractivity contribution in [2.24, 2.45) is 16.3 Å². The summed E-state index contributed by atoms with van der Waals surface area (Å²) in [7, 11) is 3.59. The largest absolute Gasteiger partial charge is 0.496 e. The van der Waals surface area contributed by atoms with Gasteiger partial charge in [0.2, 0.25) is 0 Å². The fourth-order valence-corrected chi connectivity index (χ4v) is 5.70. The van der Waals surface area contributed by atoms with E-state index in [1.807, 2.05) is 13.1 Å². The SMILES string of the molecule is CN=C(NC(C)c1cc(C)ccc1OC)NC1C2CCOC2C12CCCC2.I. The van der Waals surface area contributed by atoms with Gasteiger partial charge in [0.05, 0.1) is 19.3 Å². The Morgan fingerprint density at radius 3 is 2.75 bits per heavy atom. The maximum absolute atomic E-state index is 6.11. The van der Waals surface area contributed by atoms with Gasteiger partial charge in [0.1, 0.15) is 5.75 Å². The summed E-state index contributed by atoms with van der Waals surface area (Å²) in [6, 6.07) is 6.90. The van der Waals surface area contributed by atoms with E-state index in [0.29, 0.717) is 23.5 Å². The van der Waals surface area contributed by atoms with Crippen LogP contribution in [0.3, 0.4) is 0 Å². The molecule has 3 aliphatic rings. The zero-order chi connectivity index (χ0) is 19.0. The number of benzene rings is 1. The Morgan fingerprint density at radius 1 is 1.32 bits per heavy atom. The van der Waals surface area contributed by atoms with Crippen molar-refractivity contribution in [3.8, 4) is 5.75 Å². The number of nitrogens with one attached hydrogen (secondary N) is 2. The number of guanidine groups is 1. The van der Waals surface area contributed by atoms with E-state index in [0.717, 1.165) is 23.9 Å². The Balaban J connectivity index is 0.00000225. The molecule has 28 heavy (non-hydrogen) atoms. The van der Waals surface area contributed by atoms with Gasteiger partial charge in [-0.05, 0) is 39.2 Å². The molecule has 2 aliphatic carbocycles. The lowest BCUT2D eigenvalue weighted by molar-refractivity contribution is -0.125. The molecule has 0 amide bonds. The zero-order valence-electron chi connectivity index (χ0n) is 17.5. The van der Waals surface area contributed by atoms with Crippen LogP contribution in [0.5, 0.6) is 5.75 Å². The van der Waals surface area contributed by atoms with Gasteiger partial charge in [0, 0.05) is 36.6 Å². The third-order valence-electron chi connectivity index (χ3n) is 7.01. The number of aliphatic imine (C=N–C) groups is 1. The Bertz CT molecular complexity index is 718. The van der Waals surface area contributed by atoms with Gasteiger partial charge in [-0.3, -0.25) is 4.99 Å². The van der Waals surface area contributed by atoms with Gasteiger partial charge in [-0.15, -0.1) is 24.0 Å². The molecule has 5 nitrogen and oxygen atoms in total. The van der Waals surface area contributed by atoms with Crippen molar-refractivity contribution in [3.05, 3.63) is 29.3 Å². The molecule has 2 N–H and O–H groups in total. The first-order valence-electron chi connectivity index (χ1n) is 10.3. The van der Waals surface area contributed by atoms with Gasteiger partial charge in [-0.2, -0.15) is 0 Å². The Labute approximate surface area is 186 Å². The molecule has 156 valence electrons. The minimum Gasteiger partial charge on any atom is -0.496 e. The van der Waals surface area contributed by atoms with Crippen LogP contribution < -0.4 is 15.4 Å². The third kappa shape index (κ3) is 3.62. The molecule has 1 spiro atoms. The first-order chi connectivity index (χ1) is 13.1. The lowest BCUT2D eigenvalue weighted by Gasteiger charge is -2.57. The average Bonchev–Trinajstić information content (AvgIpc) is 3.33. The van der Waals surface area contributed by atoms with Crippen LogP contribution in [0.25, 0.3) is 0 Å². The third-order valence-corrected chi connectivity index (χ3v) is 7.01. The lowest BCUT2D eigenvalue weighted by Crippen LogP contribution is -2.69. The summed E-state index contributed by atoms with van der Waals surface area (Å²) in [5.74, 6) is 2.43. The molecule has 0 bridgehead atoms. The number of halogens is 1. The number of rotatable bonds is 4. The van der Waals surface area contributed by atoms with Crippen LogP contribution in [0.4, 0.5) is 0 Å². The summed E-state index contributed by atoms with van der Waals surface area (Å²) in [5, 5.41) is 7.37. The van der Waals surface area contributed by atoms with Gasteiger partial charge < -0.3 is 20.1 Å². The van der Waals surface area contributed by atoms with E-state index in [4.69, 9.17) is 9.47 Å². The molecule has 2 saturated carbocycles. The normalized spacial score (nSPS) is 28.9. The van der Waals surface area contributed by atoms with Gasteiger partial charge >= 0.3 is 0 Å². The van der Waals surface area contributed by atoms with E-state index < -0.39 is 0 Å². The fraction of sp³-hybridized carbons (Fsp3) is 0.682. The highest BCUT2D eigenvalue weighted by molar-refractivity contribution is 14.0. The Kier molecular flexibility index (Phi) is 6.80. The minimum absolute atomic E-state index is 0. The molecule has 1 saturated heterocycles. The molecule has 0 aromatic heterocycles. The maximum Gasteiger partial charge on any atom is 0.191 e. The quantitative estimate of drug-likeness (QED) is 0.371. The second kappa shape index (κ2) is 8.78. The maximum atomic E-state index is 6.11. The lowest BCUT2D eigenvalue weighted by atomic mass is 9.54. The summed E-state index contributed by atoms with van der Waals surface area (Å²) < 4.78 is 11.7.